The minimum atomic E-state index is -0.538. The summed E-state index contributed by atoms with van der Waals surface area (Å²) in [5, 5.41) is 4.30. The number of rotatable bonds is 4. The molecule has 7 nitrogen and oxygen atoms in total. The molecule has 6 rings (SSSR count). The molecule has 1 saturated heterocycles. The van der Waals surface area contributed by atoms with E-state index in [0.717, 1.165) is 56.0 Å². The Morgan fingerprint density at radius 3 is 2.56 bits per heavy atom. The number of amides is 1. The van der Waals surface area contributed by atoms with Gasteiger partial charge in [0.25, 0.3) is 0 Å². The maximum Gasteiger partial charge on any atom is 0.235 e. The van der Waals surface area contributed by atoms with Gasteiger partial charge in [0.1, 0.15) is 0 Å². The van der Waals surface area contributed by atoms with Gasteiger partial charge in [0.2, 0.25) is 12.7 Å². The SMILES string of the molecule is Cc1cccc(N2CCN(C(=O)C3(c4cc(-c5ccc6c(c5)OCO6)on4)CC3)CC2)c1. The van der Waals surface area contributed by atoms with Crippen LogP contribution < -0.4 is 14.4 Å². The van der Waals surface area contributed by atoms with Crippen molar-refractivity contribution >= 4 is 11.6 Å². The van der Waals surface area contributed by atoms with Crippen molar-refractivity contribution in [2.45, 2.75) is 25.2 Å². The Morgan fingerprint density at radius 1 is 0.969 bits per heavy atom. The smallest absolute Gasteiger partial charge is 0.235 e. The number of carbonyl (C=O) groups excluding carboxylic acids is 1. The average molecular weight is 431 g/mol. The topological polar surface area (TPSA) is 68.0 Å². The van der Waals surface area contributed by atoms with Crippen LogP contribution in [0, 0.1) is 6.92 Å². The van der Waals surface area contributed by atoms with Crippen LogP contribution in [-0.2, 0) is 10.2 Å². The number of carbonyl (C=O) groups is 1. The quantitative estimate of drug-likeness (QED) is 0.627. The van der Waals surface area contributed by atoms with E-state index in [4.69, 9.17) is 14.0 Å². The Labute approximate surface area is 186 Å². The second-order valence-corrected chi connectivity index (χ2v) is 8.84. The number of hydrogen-bond acceptors (Lipinski definition) is 6. The monoisotopic (exact) mass is 431 g/mol. The maximum atomic E-state index is 13.5. The molecule has 3 heterocycles. The highest BCUT2D eigenvalue weighted by Gasteiger charge is 2.55. The molecule has 0 bridgehead atoms. The van der Waals surface area contributed by atoms with Gasteiger partial charge < -0.3 is 23.8 Å². The van der Waals surface area contributed by atoms with Gasteiger partial charge in [0, 0.05) is 43.5 Å². The molecule has 1 amide bonds. The Bertz CT molecular complexity index is 1180. The summed E-state index contributed by atoms with van der Waals surface area (Å²) in [5.74, 6) is 2.24. The molecule has 2 aliphatic heterocycles. The van der Waals surface area contributed by atoms with E-state index in [-0.39, 0.29) is 12.7 Å². The molecule has 32 heavy (non-hydrogen) atoms. The zero-order valence-electron chi connectivity index (χ0n) is 18.0. The van der Waals surface area contributed by atoms with Gasteiger partial charge in [0.05, 0.1) is 11.1 Å². The molecule has 1 saturated carbocycles. The van der Waals surface area contributed by atoms with E-state index in [1.165, 1.54) is 11.3 Å². The second-order valence-electron chi connectivity index (χ2n) is 8.84. The van der Waals surface area contributed by atoms with Crippen LogP contribution in [0.1, 0.15) is 24.1 Å². The van der Waals surface area contributed by atoms with Gasteiger partial charge in [0.15, 0.2) is 17.3 Å². The van der Waals surface area contributed by atoms with Crippen molar-refractivity contribution in [1.29, 1.82) is 0 Å². The largest absolute Gasteiger partial charge is 0.454 e. The summed E-state index contributed by atoms with van der Waals surface area (Å²) in [4.78, 5) is 17.8. The zero-order chi connectivity index (χ0) is 21.7. The zero-order valence-corrected chi connectivity index (χ0v) is 18.0. The van der Waals surface area contributed by atoms with Gasteiger partial charge in [-0.25, -0.2) is 0 Å². The van der Waals surface area contributed by atoms with Crippen LogP contribution in [-0.4, -0.2) is 48.9 Å². The molecular formula is C25H25N3O4. The second kappa shape index (κ2) is 7.29. The first kappa shape index (κ1) is 19.2. The lowest BCUT2D eigenvalue weighted by atomic mass is 9.99. The maximum absolute atomic E-state index is 13.5. The standard InChI is InChI=1S/C25H25N3O4/c1-17-3-2-4-19(13-17)27-9-11-28(12-10-27)24(29)25(7-8-25)23-15-21(32-26-23)18-5-6-20-22(14-18)31-16-30-20/h2-6,13-15H,7-12,16H2,1H3. The van der Waals surface area contributed by atoms with Crippen LogP contribution >= 0.6 is 0 Å². The molecule has 2 fully saturated rings. The van der Waals surface area contributed by atoms with Crippen molar-refractivity contribution in [1.82, 2.24) is 10.1 Å². The Balaban J connectivity index is 1.16. The van der Waals surface area contributed by atoms with Gasteiger partial charge in [-0.1, -0.05) is 17.3 Å². The molecule has 0 radical (unpaired) electrons. The number of aryl methyl sites for hydroxylation is 1. The minimum Gasteiger partial charge on any atom is -0.454 e. The summed E-state index contributed by atoms with van der Waals surface area (Å²) in [6.45, 7) is 5.47. The summed E-state index contributed by atoms with van der Waals surface area (Å²) >= 11 is 0. The number of nitrogens with zero attached hydrogens (tertiary/aromatic N) is 3. The van der Waals surface area contributed by atoms with Crippen LogP contribution in [0.3, 0.4) is 0 Å². The molecule has 1 aliphatic carbocycles. The number of anilines is 1. The van der Waals surface area contributed by atoms with E-state index in [0.29, 0.717) is 11.5 Å². The fourth-order valence-corrected chi connectivity index (χ4v) is 4.69. The first-order valence-corrected chi connectivity index (χ1v) is 11.1. The summed E-state index contributed by atoms with van der Waals surface area (Å²) in [5.41, 5.74) is 3.54. The van der Waals surface area contributed by atoms with Crippen molar-refractivity contribution in [3.05, 3.63) is 59.8 Å². The Morgan fingerprint density at radius 2 is 1.78 bits per heavy atom. The summed E-state index contributed by atoms with van der Waals surface area (Å²) < 4.78 is 16.5. The molecule has 164 valence electrons. The van der Waals surface area contributed by atoms with Crippen LogP contribution in [0.25, 0.3) is 11.3 Å². The molecule has 2 aromatic carbocycles. The van der Waals surface area contributed by atoms with Crippen molar-refractivity contribution in [3.8, 4) is 22.8 Å². The third kappa shape index (κ3) is 3.20. The molecule has 0 spiro atoms. The third-order valence-electron chi connectivity index (χ3n) is 6.75. The van der Waals surface area contributed by atoms with Gasteiger partial charge in [-0.05, 0) is 55.7 Å². The fraction of sp³-hybridized carbons (Fsp3) is 0.360. The molecule has 7 heteroatoms. The Kier molecular flexibility index (Phi) is 4.38. The molecule has 0 N–H and O–H groups in total. The van der Waals surface area contributed by atoms with Crippen molar-refractivity contribution in [3.63, 3.8) is 0 Å². The number of aromatic nitrogens is 1. The number of hydrogen-bond donors (Lipinski definition) is 0. The van der Waals surface area contributed by atoms with Crippen molar-refractivity contribution < 1.29 is 18.8 Å². The first-order chi connectivity index (χ1) is 15.6. The summed E-state index contributed by atoms with van der Waals surface area (Å²) in [7, 11) is 0. The number of fused-ring (bicyclic) bond motifs is 1. The highest BCUT2D eigenvalue weighted by Crippen LogP contribution is 2.50. The average Bonchev–Trinajstić information content (AvgIpc) is 3.25. The molecule has 1 aromatic heterocycles. The van der Waals surface area contributed by atoms with Crippen LogP contribution in [0.2, 0.25) is 0 Å². The van der Waals surface area contributed by atoms with E-state index in [1.807, 2.05) is 29.2 Å². The molecule has 0 atom stereocenters. The van der Waals surface area contributed by atoms with E-state index < -0.39 is 5.41 Å². The predicted molar refractivity (Wildman–Crippen MR) is 119 cm³/mol. The normalized spacial score (nSPS) is 18.7. The molecule has 3 aliphatic rings. The van der Waals surface area contributed by atoms with Crippen LogP contribution in [0.4, 0.5) is 5.69 Å². The lowest BCUT2D eigenvalue weighted by Gasteiger charge is -2.37. The Hall–Kier alpha value is -3.48. The van der Waals surface area contributed by atoms with E-state index in [1.54, 1.807) is 0 Å². The van der Waals surface area contributed by atoms with Gasteiger partial charge in [-0.15, -0.1) is 0 Å². The minimum absolute atomic E-state index is 0.173. The lowest BCUT2D eigenvalue weighted by molar-refractivity contribution is -0.134. The fourth-order valence-electron chi connectivity index (χ4n) is 4.69. The van der Waals surface area contributed by atoms with E-state index in [2.05, 4.69) is 41.2 Å². The van der Waals surface area contributed by atoms with Crippen LogP contribution in [0.15, 0.2) is 53.1 Å². The number of benzene rings is 2. The summed E-state index contributed by atoms with van der Waals surface area (Å²) in [6.07, 6.45) is 1.63. The van der Waals surface area contributed by atoms with Crippen molar-refractivity contribution in [2.75, 3.05) is 37.9 Å². The summed E-state index contributed by atoms with van der Waals surface area (Å²) in [6, 6.07) is 16.1. The predicted octanol–water partition coefficient (Wildman–Crippen LogP) is 3.76. The van der Waals surface area contributed by atoms with Crippen molar-refractivity contribution in [2.24, 2.45) is 0 Å². The molecule has 0 unspecified atom stereocenters. The van der Waals surface area contributed by atoms with Gasteiger partial charge in [-0.3, -0.25) is 4.79 Å². The number of piperazine rings is 1. The van der Waals surface area contributed by atoms with Gasteiger partial charge >= 0.3 is 0 Å². The highest BCUT2D eigenvalue weighted by molar-refractivity contribution is 5.91. The first-order valence-electron chi connectivity index (χ1n) is 11.1. The van der Waals surface area contributed by atoms with E-state index >= 15 is 0 Å². The highest BCUT2D eigenvalue weighted by atomic mass is 16.7. The van der Waals surface area contributed by atoms with Crippen LogP contribution in [0.5, 0.6) is 11.5 Å². The molecule has 3 aromatic rings. The third-order valence-corrected chi connectivity index (χ3v) is 6.75. The lowest BCUT2D eigenvalue weighted by Crippen LogP contribution is -2.51. The molecular weight excluding hydrogens is 406 g/mol. The van der Waals surface area contributed by atoms with Gasteiger partial charge in [-0.2, -0.15) is 0 Å². The van der Waals surface area contributed by atoms with E-state index in [9.17, 15) is 4.79 Å². The number of ether oxygens (including phenoxy) is 2.